The Morgan fingerprint density at radius 1 is 1.45 bits per heavy atom. The molecule has 0 saturated carbocycles. The summed E-state index contributed by atoms with van der Waals surface area (Å²) in [4.78, 5) is 12.2. The van der Waals surface area contributed by atoms with Crippen molar-refractivity contribution in [2.75, 3.05) is 19.7 Å². The Balaban J connectivity index is 1.99. The summed E-state index contributed by atoms with van der Waals surface area (Å²) in [5, 5.41) is 3.47. The van der Waals surface area contributed by atoms with Crippen LogP contribution in [0.1, 0.15) is 50.2 Å². The molecule has 1 fully saturated rings. The standard InChI is InChI=1S/C18H24BrNO2/c1-3-22-17(21)12(2)14-11-18(7-9-20-10-8-18)16-13(14)5-4-6-15(16)19/h4-6,12,14,20H,3,7-11H2,1-2H3. The van der Waals surface area contributed by atoms with Gasteiger partial charge in [0, 0.05) is 4.47 Å². The molecule has 22 heavy (non-hydrogen) atoms. The number of carbonyl (C=O) groups excluding carboxylic acids is 1. The second-order valence-electron chi connectivity index (χ2n) is 6.59. The van der Waals surface area contributed by atoms with Crippen LogP contribution < -0.4 is 5.32 Å². The number of esters is 1. The molecule has 1 aliphatic carbocycles. The van der Waals surface area contributed by atoms with Crippen LogP contribution >= 0.6 is 15.9 Å². The zero-order valence-electron chi connectivity index (χ0n) is 13.3. The van der Waals surface area contributed by atoms with Gasteiger partial charge in [-0.25, -0.2) is 0 Å². The zero-order chi connectivity index (χ0) is 15.7. The SMILES string of the molecule is CCOC(=O)C(C)C1CC2(CCNCC2)c2c(Br)cccc21. The molecule has 1 N–H and O–H groups in total. The third-order valence-electron chi connectivity index (χ3n) is 5.41. The Hall–Kier alpha value is -0.870. The molecule has 2 unspecified atom stereocenters. The number of hydrogen-bond acceptors (Lipinski definition) is 3. The molecule has 1 spiro atoms. The fourth-order valence-corrected chi connectivity index (χ4v) is 5.09. The Bertz CT molecular complexity index is 566. The molecule has 1 aromatic rings. The summed E-state index contributed by atoms with van der Waals surface area (Å²) < 4.78 is 6.47. The van der Waals surface area contributed by atoms with Crippen LogP contribution in [0, 0.1) is 5.92 Å². The van der Waals surface area contributed by atoms with E-state index in [4.69, 9.17) is 4.74 Å². The van der Waals surface area contributed by atoms with Gasteiger partial charge < -0.3 is 10.1 Å². The van der Waals surface area contributed by atoms with E-state index in [0.717, 1.165) is 32.4 Å². The number of nitrogens with one attached hydrogen (secondary N) is 1. The zero-order valence-corrected chi connectivity index (χ0v) is 14.9. The molecule has 1 heterocycles. The largest absolute Gasteiger partial charge is 0.466 e. The maximum atomic E-state index is 12.2. The number of benzene rings is 1. The van der Waals surface area contributed by atoms with Crippen LogP contribution in [0.2, 0.25) is 0 Å². The van der Waals surface area contributed by atoms with Crippen molar-refractivity contribution < 1.29 is 9.53 Å². The van der Waals surface area contributed by atoms with Gasteiger partial charge >= 0.3 is 5.97 Å². The van der Waals surface area contributed by atoms with Gasteiger partial charge in [0.2, 0.25) is 0 Å². The summed E-state index contributed by atoms with van der Waals surface area (Å²) >= 11 is 3.77. The molecule has 1 aromatic carbocycles. The van der Waals surface area contributed by atoms with Gasteiger partial charge in [0.1, 0.15) is 0 Å². The van der Waals surface area contributed by atoms with E-state index in [2.05, 4.69) is 39.4 Å². The quantitative estimate of drug-likeness (QED) is 0.828. The molecule has 120 valence electrons. The second kappa shape index (κ2) is 6.32. The molecule has 3 nitrogen and oxygen atoms in total. The number of fused-ring (bicyclic) bond motifs is 2. The Morgan fingerprint density at radius 2 is 2.18 bits per heavy atom. The third kappa shape index (κ3) is 2.61. The Kier molecular flexibility index (Phi) is 4.60. The first kappa shape index (κ1) is 16.0. The van der Waals surface area contributed by atoms with Gasteiger partial charge in [0.05, 0.1) is 12.5 Å². The normalized spacial score (nSPS) is 24.0. The monoisotopic (exact) mass is 365 g/mol. The lowest BCUT2D eigenvalue weighted by molar-refractivity contribution is -0.148. The number of halogens is 1. The van der Waals surface area contributed by atoms with Gasteiger partial charge in [0.15, 0.2) is 0 Å². The summed E-state index contributed by atoms with van der Waals surface area (Å²) in [7, 11) is 0. The molecule has 0 radical (unpaired) electrons. The summed E-state index contributed by atoms with van der Waals surface area (Å²) in [6, 6.07) is 6.44. The number of rotatable bonds is 3. The van der Waals surface area contributed by atoms with Crippen molar-refractivity contribution in [2.45, 2.75) is 44.4 Å². The molecule has 2 atom stereocenters. The molecule has 1 aliphatic heterocycles. The lowest BCUT2D eigenvalue weighted by Crippen LogP contribution is -2.39. The lowest BCUT2D eigenvalue weighted by Gasteiger charge is -2.36. The van der Waals surface area contributed by atoms with Gasteiger partial charge in [-0.1, -0.05) is 35.0 Å². The maximum absolute atomic E-state index is 12.2. The minimum absolute atomic E-state index is 0.0654. The van der Waals surface area contributed by atoms with Crippen molar-refractivity contribution in [1.29, 1.82) is 0 Å². The number of piperidine rings is 1. The number of ether oxygens (including phenoxy) is 1. The predicted octanol–water partition coefficient (Wildman–Crippen LogP) is 3.76. The molecule has 4 heteroatoms. The van der Waals surface area contributed by atoms with Crippen LogP contribution in [0.3, 0.4) is 0 Å². The smallest absolute Gasteiger partial charge is 0.309 e. The highest BCUT2D eigenvalue weighted by Crippen LogP contribution is 2.55. The van der Waals surface area contributed by atoms with E-state index in [1.165, 1.54) is 15.6 Å². The first-order chi connectivity index (χ1) is 10.6. The van der Waals surface area contributed by atoms with Gasteiger partial charge in [-0.3, -0.25) is 4.79 Å². The van der Waals surface area contributed by atoms with Crippen LogP contribution in [-0.4, -0.2) is 25.7 Å². The van der Waals surface area contributed by atoms with Crippen molar-refractivity contribution >= 4 is 21.9 Å². The molecule has 0 aromatic heterocycles. The van der Waals surface area contributed by atoms with Crippen LogP contribution in [0.5, 0.6) is 0 Å². The second-order valence-corrected chi connectivity index (χ2v) is 7.44. The molecule has 3 rings (SSSR count). The number of hydrogen-bond donors (Lipinski definition) is 1. The highest BCUT2D eigenvalue weighted by molar-refractivity contribution is 9.10. The average Bonchev–Trinajstić information content (AvgIpc) is 2.83. The predicted molar refractivity (Wildman–Crippen MR) is 91.1 cm³/mol. The van der Waals surface area contributed by atoms with Crippen LogP contribution in [0.15, 0.2) is 22.7 Å². The Labute approximate surface area is 140 Å². The van der Waals surface area contributed by atoms with Crippen molar-refractivity contribution in [1.82, 2.24) is 5.32 Å². The first-order valence-corrected chi connectivity index (χ1v) is 9.04. The molecular weight excluding hydrogens is 342 g/mol. The highest BCUT2D eigenvalue weighted by Gasteiger charge is 2.48. The van der Waals surface area contributed by atoms with Gasteiger partial charge in [-0.15, -0.1) is 0 Å². The first-order valence-electron chi connectivity index (χ1n) is 8.25. The highest BCUT2D eigenvalue weighted by atomic mass is 79.9. The topological polar surface area (TPSA) is 38.3 Å². The maximum Gasteiger partial charge on any atom is 0.309 e. The van der Waals surface area contributed by atoms with Crippen LogP contribution in [-0.2, 0) is 14.9 Å². The summed E-state index contributed by atoms with van der Waals surface area (Å²) in [5.41, 5.74) is 3.00. The van der Waals surface area contributed by atoms with E-state index < -0.39 is 0 Å². The van der Waals surface area contributed by atoms with E-state index in [1.807, 2.05) is 13.8 Å². The minimum Gasteiger partial charge on any atom is -0.466 e. The van der Waals surface area contributed by atoms with Gasteiger partial charge in [0.25, 0.3) is 0 Å². The molecule has 0 amide bonds. The molecular formula is C18H24BrNO2. The minimum atomic E-state index is -0.0812. The van der Waals surface area contributed by atoms with Crippen molar-refractivity contribution in [3.8, 4) is 0 Å². The van der Waals surface area contributed by atoms with Gasteiger partial charge in [-0.2, -0.15) is 0 Å². The summed E-state index contributed by atoms with van der Waals surface area (Å²) in [6.07, 6.45) is 3.36. The summed E-state index contributed by atoms with van der Waals surface area (Å²) in [6.45, 7) is 6.46. The van der Waals surface area contributed by atoms with E-state index >= 15 is 0 Å². The van der Waals surface area contributed by atoms with E-state index in [1.54, 1.807) is 0 Å². The van der Waals surface area contributed by atoms with Crippen LogP contribution in [0.25, 0.3) is 0 Å². The van der Waals surface area contributed by atoms with E-state index in [9.17, 15) is 4.79 Å². The molecule has 2 aliphatic rings. The average molecular weight is 366 g/mol. The Morgan fingerprint density at radius 3 is 2.86 bits per heavy atom. The van der Waals surface area contributed by atoms with Crippen molar-refractivity contribution in [2.24, 2.45) is 5.92 Å². The van der Waals surface area contributed by atoms with Crippen molar-refractivity contribution in [3.63, 3.8) is 0 Å². The fraction of sp³-hybridized carbons (Fsp3) is 0.611. The van der Waals surface area contributed by atoms with E-state index in [0.29, 0.717) is 6.61 Å². The molecule has 1 saturated heterocycles. The summed E-state index contributed by atoms with van der Waals surface area (Å²) in [5.74, 6) is 0.122. The number of carbonyl (C=O) groups is 1. The van der Waals surface area contributed by atoms with Gasteiger partial charge in [-0.05, 0) is 67.8 Å². The molecule has 0 bridgehead atoms. The lowest BCUT2D eigenvalue weighted by atomic mass is 9.73. The van der Waals surface area contributed by atoms with Crippen LogP contribution in [0.4, 0.5) is 0 Å². The van der Waals surface area contributed by atoms with E-state index in [-0.39, 0.29) is 23.2 Å². The van der Waals surface area contributed by atoms with Crippen molar-refractivity contribution in [3.05, 3.63) is 33.8 Å². The third-order valence-corrected chi connectivity index (χ3v) is 6.07. The fourth-order valence-electron chi connectivity index (χ4n) is 4.29.